The molecule has 11 heavy (non-hydrogen) atoms. The average Bonchev–Trinajstić information content (AvgIpc) is 1.90. The predicted octanol–water partition coefficient (Wildman–Crippen LogP) is -0.625. The van der Waals surface area contributed by atoms with Crippen LogP contribution in [0.2, 0.25) is 0 Å². The van der Waals surface area contributed by atoms with Gasteiger partial charge in [0.15, 0.2) is 0 Å². The number of primary amides is 1. The van der Waals surface area contributed by atoms with E-state index < -0.39 is 5.91 Å². The molecule has 0 bridgehead atoms. The number of carbonyl (C=O) groups excluding carboxylic acids is 1. The molecule has 0 aromatic rings. The first-order valence-corrected chi connectivity index (χ1v) is 3.38. The molecule has 0 aromatic heterocycles. The predicted molar refractivity (Wildman–Crippen MR) is 44.8 cm³/mol. The second-order valence-corrected chi connectivity index (χ2v) is 1.82. The molecule has 0 rings (SSSR count). The van der Waals surface area contributed by atoms with Crippen molar-refractivity contribution in [3.8, 4) is 0 Å². The SMILES string of the molecule is C=C(CCN)C(N)=O.CCO. The van der Waals surface area contributed by atoms with Crippen LogP contribution in [0.3, 0.4) is 0 Å². The van der Waals surface area contributed by atoms with Gasteiger partial charge >= 0.3 is 0 Å². The largest absolute Gasteiger partial charge is 0.397 e. The van der Waals surface area contributed by atoms with Gasteiger partial charge in [0.1, 0.15) is 0 Å². The van der Waals surface area contributed by atoms with Crippen LogP contribution < -0.4 is 11.5 Å². The summed E-state index contributed by atoms with van der Waals surface area (Å²) in [5, 5.41) is 7.57. The number of carbonyl (C=O) groups is 1. The molecule has 0 saturated heterocycles. The van der Waals surface area contributed by atoms with E-state index in [9.17, 15) is 4.79 Å². The van der Waals surface area contributed by atoms with E-state index in [0.29, 0.717) is 18.5 Å². The molecule has 66 valence electrons. The zero-order valence-corrected chi connectivity index (χ0v) is 6.84. The molecular formula is C7H16N2O2. The van der Waals surface area contributed by atoms with Crippen molar-refractivity contribution in [2.24, 2.45) is 11.5 Å². The highest BCUT2D eigenvalue weighted by Crippen LogP contribution is 1.91. The minimum atomic E-state index is -0.463. The van der Waals surface area contributed by atoms with E-state index in [1.807, 2.05) is 0 Å². The van der Waals surface area contributed by atoms with Crippen LogP contribution in [0, 0.1) is 0 Å². The summed E-state index contributed by atoms with van der Waals surface area (Å²) < 4.78 is 0. The number of hydrogen-bond acceptors (Lipinski definition) is 3. The highest BCUT2D eigenvalue weighted by Gasteiger charge is 1.96. The van der Waals surface area contributed by atoms with Gasteiger partial charge in [-0.1, -0.05) is 6.58 Å². The fourth-order valence-electron chi connectivity index (χ4n) is 0.297. The lowest BCUT2D eigenvalue weighted by molar-refractivity contribution is -0.114. The molecule has 0 atom stereocenters. The lowest BCUT2D eigenvalue weighted by Crippen LogP contribution is -2.15. The van der Waals surface area contributed by atoms with Gasteiger partial charge in [-0.05, 0) is 19.9 Å². The van der Waals surface area contributed by atoms with Gasteiger partial charge < -0.3 is 16.6 Å². The highest BCUT2D eigenvalue weighted by molar-refractivity contribution is 5.91. The van der Waals surface area contributed by atoms with E-state index in [1.54, 1.807) is 6.92 Å². The molecule has 5 N–H and O–H groups in total. The lowest BCUT2D eigenvalue weighted by atomic mass is 10.2. The molecule has 0 aliphatic carbocycles. The molecule has 4 nitrogen and oxygen atoms in total. The first-order valence-electron chi connectivity index (χ1n) is 3.38. The maximum absolute atomic E-state index is 10.2. The Morgan fingerprint density at radius 3 is 2.09 bits per heavy atom. The van der Waals surface area contributed by atoms with Gasteiger partial charge in [-0.25, -0.2) is 0 Å². The van der Waals surface area contributed by atoms with Gasteiger partial charge in [-0.3, -0.25) is 4.79 Å². The van der Waals surface area contributed by atoms with Crippen molar-refractivity contribution in [1.29, 1.82) is 0 Å². The molecule has 0 unspecified atom stereocenters. The van der Waals surface area contributed by atoms with Crippen LogP contribution in [-0.4, -0.2) is 24.2 Å². The van der Waals surface area contributed by atoms with Crippen molar-refractivity contribution >= 4 is 5.91 Å². The topological polar surface area (TPSA) is 89.3 Å². The molecular weight excluding hydrogens is 144 g/mol. The summed E-state index contributed by atoms with van der Waals surface area (Å²) in [5.41, 5.74) is 10.3. The quantitative estimate of drug-likeness (QED) is 0.480. The zero-order valence-electron chi connectivity index (χ0n) is 6.84. The average molecular weight is 160 g/mol. The fourth-order valence-corrected chi connectivity index (χ4v) is 0.297. The minimum Gasteiger partial charge on any atom is -0.397 e. The second kappa shape index (κ2) is 9.13. The maximum atomic E-state index is 10.2. The Morgan fingerprint density at radius 2 is 2.00 bits per heavy atom. The van der Waals surface area contributed by atoms with E-state index in [4.69, 9.17) is 16.6 Å². The van der Waals surface area contributed by atoms with Crippen molar-refractivity contribution in [2.45, 2.75) is 13.3 Å². The number of amides is 1. The Labute approximate surface area is 66.9 Å². The van der Waals surface area contributed by atoms with E-state index in [1.165, 1.54) is 0 Å². The van der Waals surface area contributed by atoms with Gasteiger partial charge in [0.2, 0.25) is 5.91 Å². The van der Waals surface area contributed by atoms with Crippen molar-refractivity contribution in [1.82, 2.24) is 0 Å². The number of aliphatic hydroxyl groups is 1. The summed E-state index contributed by atoms with van der Waals surface area (Å²) in [4.78, 5) is 10.2. The maximum Gasteiger partial charge on any atom is 0.244 e. The fraction of sp³-hybridized carbons (Fsp3) is 0.571. The monoisotopic (exact) mass is 160 g/mol. The van der Waals surface area contributed by atoms with E-state index in [2.05, 4.69) is 6.58 Å². The van der Waals surface area contributed by atoms with Gasteiger partial charge in [0, 0.05) is 12.2 Å². The molecule has 1 amide bonds. The first kappa shape index (κ1) is 12.8. The number of nitrogens with two attached hydrogens (primary N) is 2. The van der Waals surface area contributed by atoms with Crippen molar-refractivity contribution in [3.05, 3.63) is 12.2 Å². The van der Waals surface area contributed by atoms with Gasteiger partial charge in [-0.15, -0.1) is 0 Å². The van der Waals surface area contributed by atoms with Crippen molar-refractivity contribution in [2.75, 3.05) is 13.2 Å². The van der Waals surface area contributed by atoms with Crippen LogP contribution in [0.25, 0.3) is 0 Å². The molecule has 0 spiro atoms. The Morgan fingerprint density at radius 1 is 1.64 bits per heavy atom. The summed E-state index contributed by atoms with van der Waals surface area (Å²) in [7, 11) is 0. The third-order valence-electron chi connectivity index (χ3n) is 0.795. The molecule has 0 aromatic carbocycles. The summed E-state index contributed by atoms with van der Waals surface area (Å²) in [6.07, 6.45) is 0.495. The normalized spacial score (nSPS) is 7.91. The first-order chi connectivity index (χ1) is 5.09. The van der Waals surface area contributed by atoms with Crippen LogP contribution in [0.15, 0.2) is 12.2 Å². The summed E-state index contributed by atoms with van der Waals surface area (Å²) in [5.74, 6) is -0.463. The minimum absolute atomic E-state index is 0.250. The molecule has 0 radical (unpaired) electrons. The lowest BCUT2D eigenvalue weighted by Gasteiger charge is -1.93. The van der Waals surface area contributed by atoms with Gasteiger partial charge in [0.05, 0.1) is 0 Å². The number of aliphatic hydroxyl groups excluding tert-OH is 1. The van der Waals surface area contributed by atoms with Crippen molar-refractivity contribution in [3.63, 3.8) is 0 Å². The Kier molecular flexibility index (Phi) is 10.6. The van der Waals surface area contributed by atoms with Crippen LogP contribution in [0.1, 0.15) is 13.3 Å². The van der Waals surface area contributed by atoms with Gasteiger partial charge in [-0.2, -0.15) is 0 Å². The third kappa shape index (κ3) is 12.4. The van der Waals surface area contributed by atoms with E-state index >= 15 is 0 Å². The van der Waals surface area contributed by atoms with Crippen molar-refractivity contribution < 1.29 is 9.90 Å². The van der Waals surface area contributed by atoms with E-state index in [-0.39, 0.29) is 6.61 Å². The zero-order chi connectivity index (χ0) is 9.28. The smallest absolute Gasteiger partial charge is 0.244 e. The molecule has 0 fully saturated rings. The van der Waals surface area contributed by atoms with Crippen LogP contribution in [-0.2, 0) is 4.79 Å². The highest BCUT2D eigenvalue weighted by atomic mass is 16.2. The Hall–Kier alpha value is -0.870. The molecule has 0 heterocycles. The van der Waals surface area contributed by atoms with Crippen LogP contribution >= 0.6 is 0 Å². The van der Waals surface area contributed by atoms with Crippen LogP contribution in [0.5, 0.6) is 0 Å². The third-order valence-corrected chi connectivity index (χ3v) is 0.795. The second-order valence-electron chi connectivity index (χ2n) is 1.82. The molecule has 0 aliphatic rings. The number of hydrogen-bond donors (Lipinski definition) is 3. The van der Waals surface area contributed by atoms with Crippen LogP contribution in [0.4, 0.5) is 0 Å². The molecule has 0 aliphatic heterocycles. The van der Waals surface area contributed by atoms with Gasteiger partial charge in [0.25, 0.3) is 0 Å². The summed E-state index contributed by atoms with van der Waals surface area (Å²) in [6.45, 7) is 5.75. The Bertz CT molecular complexity index is 124. The van der Waals surface area contributed by atoms with E-state index in [0.717, 1.165) is 0 Å². The molecule has 4 heteroatoms. The number of rotatable bonds is 3. The molecule has 0 saturated carbocycles. The Balaban J connectivity index is 0. The summed E-state index contributed by atoms with van der Waals surface area (Å²) >= 11 is 0. The summed E-state index contributed by atoms with van der Waals surface area (Å²) in [6, 6.07) is 0. The standard InChI is InChI=1S/C5H10N2O.C2H6O/c1-4(2-3-6)5(7)8;1-2-3/h1-3,6H2,(H2,7,8);3H,2H2,1H3.